The van der Waals surface area contributed by atoms with Crippen LogP contribution in [0.2, 0.25) is 0 Å². The van der Waals surface area contributed by atoms with Crippen molar-refractivity contribution in [3.05, 3.63) is 18.0 Å². The second-order valence-electron chi connectivity index (χ2n) is 5.23. The number of aliphatic carboxylic acids is 1. The van der Waals surface area contributed by atoms with E-state index in [1.807, 2.05) is 13.2 Å². The average molecular weight is 296 g/mol. The number of carboxylic acid groups (broad SMARTS) is 1. The quantitative estimate of drug-likeness (QED) is 0.808. The number of nitrogens with zero attached hydrogens (tertiary/aromatic N) is 3. The van der Waals surface area contributed by atoms with Crippen molar-refractivity contribution < 1.29 is 19.4 Å². The molecule has 2 N–H and O–H groups in total. The highest BCUT2D eigenvalue weighted by Crippen LogP contribution is 2.19. The van der Waals surface area contributed by atoms with Crippen molar-refractivity contribution in [2.75, 3.05) is 13.6 Å². The maximum Gasteiger partial charge on any atom is 0.332 e. The maximum absolute atomic E-state index is 11.9. The van der Waals surface area contributed by atoms with E-state index in [0.29, 0.717) is 25.9 Å². The summed E-state index contributed by atoms with van der Waals surface area (Å²) in [6.07, 6.45) is 3.70. The summed E-state index contributed by atoms with van der Waals surface area (Å²) in [6, 6.07) is -0.221. The molecule has 1 aliphatic rings. The van der Waals surface area contributed by atoms with Crippen LogP contribution in [0, 0.1) is 0 Å². The van der Waals surface area contributed by atoms with Crippen LogP contribution in [-0.2, 0) is 23.1 Å². The van der Waals surface area contributed by atoms with Gasteiger partial charge in [0.2, 0.25) is 0 Å². The molecule has 1 aromatic heterocycles. The van der Waals surface area contributed by atoms with Crippen molar-refractivity contribution >= 4 is 12.0 Å². The zero-order valence-corrected chi connectivity index (χ0v) is 12.2. The Kier molecular flexibility index (Phi) is 4.79. The third-order valence-corrected chi connectivity index (χ3v) is 3.39. The van der Waals surface area contributed by atoms with Crippen LogP contribution < -0.4 is 5.32 Å². The van der Waals surface area contributed by atoms with Gasteiger partial charge >= 0.3 is 12.0 Å². The van der Waals surface area contributed by atoms with Gasteiger partial charge in [0, 0.05) is 32.4 Å². The van der Waals surface area contributed by atoms with Crippen LogP contribution in [0.25, 0.3) is 0 Å². The van der Waals surface area contributed by atoms with Gasteiger partial charge < -0.3 is 20.1 Å². The number of hydrogen-bond donors (Lipinski definition) is 2. The van der Waals surface area contributed by atoms with Crippen LogP contribution in [0.3, 0.4) is 0 Å². The van der Waals surface area contributed by atoms with Crippen molar-refractivity contribution in [1.29, 1.82) is 0 Å². The Morgan fingerprint density at radius 1 is 1.57 bits per heavy atom. The summed E-state index contributed by atoms with van der Waals surface area (Å²) in [5.41, 5.74) is 0.943. The number of urea groups is 1. The smallest absolute Gasteiger partial charge is 0.332 e. The highest BCUT2D eigenvalue weighted by Gasteiger charge is 2.30. The Bertz CT molecular complexity index is 516. The van der Waals surface area contributed by atoms with Crippen LogP contribution in [0.5, 0.6) is 0 Å². The minimum absolute atomic E-state index is 0.221. The second-order valence-corrected chi connectivity index (χ2v) is 5.23. The predicted octanol–water partition coefficient (Wildman–Crippen LogP) is 0.194. The van der Waals surface area contributed by atoms with E-state index >= 15 is 0 Å². The molecule has 1 aromatic rings. The van der Waals surface area contributed by atoms with E-state index in [4.69, 9.17) is 9.84 Å². The number of rotatable bonds is 5. The third-order valence-electron chi connectivity index (χ3n) is 3.39. The first-order chi connectivity index (χ1) is 9.95. The van der Waals surface area contributed by atoms with Crippen LogP contribution in [0.4, 0.5) is 4.79 Å². The van der Waals surface area contributed by atoms with Crippen LogP contribution in [-0.4, -0.2) is 57.6 Å². The Balaban J connectivity index is 1.73. The first-order valence-corrected chi connectivity index (χ1v) is 6.80. The summed E-state index contributed by atoms with van der Waals surface area (Å²) in [6.45, 7) is 0.781. The molecule has 0 radical (unpaired) electrons. The fraction of sp³-hybridized carbons (Fsp3) is 0.615. The minimum Gasteiger partial charge on any atom is -0.479 e. The van der Waals surface area contributed by atoms with E-state index in [-0.39, 0.29) is 12.1 Å². The Morgan fingerprint density at radius 3 is 2.90 bits per heavy atom. The van der Waals surface area contributed by atoms with Crippen LogP contribution in [0.1, 0.15) is 18.4 Å². The van der Waals surface area contributed by atoms with Gasteiger partial charge in [0.1, 0.15) is 0 Å². The van der Waals surface area contributed by atoms with Gasteiger partial charge in [-0.05, 0) is 12.8 Å². The van der Waals surface area contributed by atoms with Gasteiger partial charge in [-0.2, -0.15) is 5.10 Å². The molecule has 0 saturated carbocycles. The van der Waals surface area contributed by atoms with Crippen molar-refractivity contribution in [2.24, 2.45) is 7.05 Å². The Morgan fingerprint density at radius 2 is 2.33 bits per heavy atom. The molecule has 2 heterocycles. The number of nitrogens with one attached hydrogen (secondary N) is 1. The molecular weight excluding hydrogens is 276 g/mol. The van der Waals surface area contributed by atoms with E-state index in [1.165, 1.54) is 0 Å². The minimum atomic E-state index is -0.947. The molecule has 2 atom stereocenters. The molecule has 8 heteroatoms. The largest absolute Gasteiger partial charge is 0.479 e. The lowest BCUT2D eigenvalue weighted by atomic mass is 10.2. The maximum atomic E-state index is 11.9. The Hall–Kier alpha value is -2.09. The summed E-state index contributed by atoms with van der Waals surface area (Å²) in [4.78, 5) is 24.3. The van der Waals surface area contributed by atoms with Crippen molar-refractivity contribution in [3.8, 4) is 0 Å². The number of carbonyl (C=O) groups excluding carboxylic acids is 1. The van der Waals surface area contributed by atoms with Gasteiger partial charge in [0.05, 0.1) is 18.8 Å². The highest BCUT2D eigenvalue weighted by atomic mass is 16.5. The predicted molar refractivity (Wildman–Crippen MR) is 73.6 cm³/mol. The fourth-order valence-electron chi connectivity index (χ4n) is 2.27. The standard InChI is InChI=1S/C13H20N4O4/c1-16(7-9-5-15-17(2)8-9)13(20)14-6-10-3-4-11(21-10)12(18)19/h5,8,10-11H,3-4,6-7H2,1-2H3,(H,14,20)(H,18,19). The van der Waals surface area contributed by atoms with Crippen LogP contribution >= 0.6 is 0 Å². The average Bonchev–Trinajstić information content (AvgIpc) is 3.05. The first-order valence-electron chi connectivity index (χ1n) is 6.80. The molecule has 0 bridgehead atoms. The van der Waals surface area contributed by atoms with Crippen LogP contribution in [0.15, 0.2) is 12.4 Å². The summed E-state index contributed by atoms with van der Waals surface area (Å²) in [5, 5.41) is 15.6. The molecule has 1 aliphatic heterocycles. The summed E-state index contributed by atoms with van der Waals surface area (Å²) >= 11 is 0. The van der Waals surface area contributed by atoms with E-state index in [2.05, 4.69) is 10.4 Å². The molecule has 2 rings (SSSR count). The monoisotopic (exact) mass is 296 g/mol. The molecule has 116 valence electrons. The van der Waals surface area contributed by atoms with Gasteiger partial charge in [-0.25, -0.2) is 9.59 Å². The topological polar surface area (TPSA) is 96.7 Å². The van der Waals surface area contributed by atoms with Crippen molar-refractivity contribution in [3.63, 3.8) is 0 Å². The lowest BCUT2D eigenvalue weighted by molar-refractivity contribution is -0.149. The SMILES string of the molecule is CN(Cc1cnn(C)c1)C(=O)NCC1CCC(C(=O)O)O1. The number of hydrogen-bond acceptors (Lipinski definition) is 4. The number of carbonyl (C=O) groups is 2. The molecule has 0 aromatic carbocycles. The second kappa shape index (κ2) is 6.57. The van der Waals surface area contributed by atoms with Crippen molar-refractivity contribution in [1.82, 2.24) is 20.0 Å². The lowest BCUT2D eigenvalue weighted by Gasteiger charge is -2.19. The summed E-state index contributed by atoms with van der Waals surface area (Å²) in [5.74, 6) is -0.947. The van der Waals surface area contributed by atoms with Gasteiger partial charge in [0.15, 0.2) is 6.10 Å². The Labute approximate surface area is 122 Å². The summed E-state index contributed by atoms with van der Waals surface area (Å²) < 4.78 is 7.01. The molecule has 2 unspecified atom stereocenters. The molecule has 2 amide bonds. The number of amides is 2. The van der Waals surface area contributed by atoms with E-state index < -0.39 is 12.1 Å². The van der Waals surface area contributed by atoms with Gasteiger partial charge in [0.25, 0.3) is 0 Å². The number of aryl methyl sites for hydroxylation is 1. The third kappa shape index (κ3) is 4.19. The normalized spacial score (nSPS) is 21.2. The molecular formula is C13H20N4O4. The molecule has 0 aliphatic carbocycles. The van der Waals surface area contributed by atoms with Gasteiger partial charge in [-0.3, -0.25) is 4.68 Å². The van der Waals surface area contributed by atoms with Gasteiger partial charge in [-0.1, -0.05) is 0 Å². The fourth-order valence-corrected chi connectivity index (χ4v) is 2.27. The molecule has 1 saturated heterocycles. The molecule has 8 nitrogen and oxygen atoms in total. The number of aromatic nitrogens is 2. The first kappa shape index (κ1) is 15.3. The van der Waals surface area contributed by atoms with E-state index in [0.717, 1.165) is 5.56 Å². The van der Waals surface area contributed by atoms with E-state index in [1.54, 1.807) is 22.8 Å². The zero-order valence-electron chi connectivity index (χ0n) is 12.2. The highest BCUT2D eigenvalue weighted by molar-refractivity contribution is 5.74. The number of ether oxygens (including phenoxy) is 1. The molecule has 1 fully saturated rings. The zero-order chi connectivity index (χ0) is 15.4. The number of carboxylic acids is 1. The lowest BCUT2D eigenvalue weighted by Crippen LogP contribution is -2.40. The van der Waals surface area contributed by atoms with Crippen molar-refractivity contribution in [2.45, 2.75) is 31.6 Å². The van der Waals surface area contributed by atoms with Gasteiger partial charge in [-0.15, -0.1) is 0 Å². The molecule has 0 spiro atoms. The molecule has 21 heavy (non-hydrogen) atoms. The van der Waals surface area contributed by atoms with E-state index in [9.17, 15) is 9.59 Å². The summed E-state index contributed by atoms with van der Waals surface area (Å²) in [7, 11) is 3.51.